The second kappa shape index (κ2) is 10.3. The zero-order chi connectivity index (χ0) is 28.9. The predicted octanol–water partition coefficient (Wildman–Crippen LogP) is -0.565. The lowest BCUT2D eigenvalue weighted by Crippen LogP contribution is -2.52. The molecule has 5 rings (SSSR count). The van der Waals surface area contributed by atoms with Crippen molar-refractivity contribution in [3.8, 4) is 5.75 Å². The molecule has 16 heteroatoms. The molecule has 3 aliphatic heterocycles. The molecule has 0 spiro atoms. The number of carbonyl (C=O) groups is 4. The first-order chi connectivity index (χ1) is 19.0. The number of methoxy groups -OCH3 is 1. The Morgan fingerprint density at radius 2 is 1.95 bits per heavy atom. The Morgan fingerprint density at radius 3 is 2.60 bits per heavy atom. The number of piperidine rings is 1. The molecule has 4 heterocycles. The van der Waals surface area contributed by atoms with Gasteiger partial charge < -0.3 is 29.9 Å². The topological polar surface area (TPSA) is 201 Å². The quantitative estimate of drug-likeness (QED) is 0.295. The van der Waals surface area contributed by atoms with Gasteiger partial charge in [-0.25, -0.2) is 14.0 Å². The van der Waals surface area contributed by atoms with Crippen LogP contribution in [0.15, 0.2) is 23.1 Å². The van der Waals surface area contributed by atoms with Gasteiger partial charge in [-0.2, -0.15) is 4.98 Å². The maximum atomic E-state index is 14.8. The van der Waals surface area contributed by atoms with Gasteiger partial charge >= 0.3 is 11.7 Å². The van der Waals surface area contributed by atoms with Gasteiger partial charge in [0.2, 0.25) is 11.8 Å². The molecule has 0 saturated carbocycles. The van der Waals surface area contributed by atoms with E-state index in [2.05, 4.69) is 20.9 Å². The summed E-state index contributed by atoms with van der Waals surface area (Å²) in [5.41, 5.74) is -0.420. The fraction of sp³-hybridized carbons (Fsp3) is 0.417. The zero-order valence-corrected chi connectivity index (χ0v) is 21.2. The number of benzene rings is 1. The van der Waals surface area contributed by atoms with Gasteiger partial charge in [-0.1, -0.05) is 0 Å². The molecule has 1 aromatic carbocycles. The summed E-state index contributed by atoms with van der Waals surface area (Å²) >= 11 is 0. The van der Waals surface area contributed by atoms with Crippen LogP contribution >= 0.6 is 0 Å². The number of hydrogen-bond acceptors (Lipinski definition) is 10. The first-order valence-electron chi connectivity index (χ1n) is 12.2. The lowest BCUT2D eigenvalue weighted by Gasteiger charge is -2.29. The summed E-state index contributed by atoms with van der Waals surface area (Å²) < 4.78 is 26.0. The molecule has 40 heavy (non-hydrogen) atoms. The van der Waals surface area contributed by atoms with Crippen LogP contribution in [0, 0.1) is 5.82 Å². The number of rotatable bonds is 5. The van der Waals surface area contributed by atoms with Crippen molar-refractivity contribution in [2.75, 3.05) is 17.7 Å². The third kappa shape index (κ3) is 4.76. The largest absolute Gasteiger partial charge is 0.497 e. The second-order valence-electron chi connectivity index (χ2n) is 9.52. The molecule has 5 unspecified atom stereocenters. The van der Waals surface area contributed by atoms with Crippen molar-refractivity contribution < 1.29 is 43.3 Å². The van der Waals surface area contributed by atoms with Gasteiger partial charge in [-0.15, -0.1) is 0 Å². The smallest absolute Gasteiger partial charge is 0.351 e. The van der Waals surface area contributed by atoms with E-state index < -0.39 is 71.7 Å². The van der Waals surface area contributed by atoms with Gasteiger partial charge in [0.15, 0.2) is 17.9 Å². The number of ether oxygens (including phenoxy) is 2. The van der Waals surface area contributed by atoms with E-state index in [4.69, 9.17) is 9.47 Å². The lowest BCUT2D eigenvalue weighted by molar-refractivity contribution is -0.136. The number of nitrogens with zero attached hydrogens (tertiary/aromatic N) is 3. The summed E-state index contributed by atoms with van der Waals surface area (Å²) in [5, 5.41) is 26.8. The molecule has 2 saturated heterocycles. The van der Waals surface area contributed by atoms with Crippen LogP contribution in [0.3, 0.4) is 0 Å². The van der Waals surface area contributed by atoms with Crippen LogP contribution in [0.2, 0.25) is 0 Å². The molecule has 2 fully saturated rings. The number of carbonyl (C=O) groups excluding carboxylic acids is 4. The first-order valence-corrected chi connectivity index (χ1v) is 12.2. The Morgan fingerprint density at radius 1 is 1.20 bits per heavy atom. The van der Waals surface area contributed by atoms with E-state index in [1.807, 2.05) is 0 Å². The van der Waals surface area contributed by atoms with Crippen molar-refractivity contribution in [1.29, 1.82) is 0 Å². The van der Waals surface area contributed by atoms with Crippen LogP contribution < -0.4 is 26.4 Å². The Balaban J connectivity index is 1.36. The highest BCUT2D eigenvalue weighted by molar-refractivity contribution is 6.07. The van der Waals surface area contributed by atoms with Crippen molar-refractivity contribution in [3.05, 3.63) is 45.8 Å². The number of aliphatic hydroxyl groups is 2. The number of aliphatic hydroxyl groups excluding tert-OH is 2. The first kappa shape index (κ1) is 27.2. The molecule has 2 aromatic rings. The van der Waals surface area contributed by atoms with Crippen LogP contribution in [0.4, 0.5) is 20.7 Å². The van der Waals surface area contributed by atoms with Crippen LogP contribution in [-0.2, 0) is 20.9 Å². The molecular weight excluding hydrogens is 535 g/mol. The molecule has 0 radical (unpaired) electrons. The van der Waals surface area contributed by atoms with Crippen molar-refractivity contribution >= 4 is 35.3 Å². The summed E-state index contributed by atoms with van der Waals surface area (Å²) in [5.74, 6) is -3.17. The van der Waals surface area contributed by atoms with Crippen LogP contribution in [-0.4, -0.2) is 79.9 Å². The Bertz CT molecular complexity index is 1480. The van der Waals surface area contributed by atoms with E-state index >= 15 is 0 Å². The average Bonchev–Trinajstić information content (AvgIpc) is 3.37. The van der Waals surface area contributed by atoms with E-state index in [-0.39, 0.29) is 36.4 Å². The number of anilines is 2. The highest BCUT2D eigenvalue weighted by atomic mass is 19.1. The van der Waals surface area contributed by atoms with Gasteiger partial charge in [0.1, 0.15) is 24.0 Å². The van der Waals surface area contributed by atoms with E-state index in [1.54, 1.807) is 0 Å². The number of halogens is 1. The SMILES string of the molecule is COc1cc(NC(=O)Nc2nc(=O)n(C3OC(C)C(O)C3O)cc2F)c2c(c1)C(=O)N(C1CCC(=O)NC1=O)C2. The summed E-state index contributed by atoms with van der Waals surface area (Å²) in [7, 11) is 1.35. The van der Waals surface area contributed by atoms with Gasteiger partial charge in [-0.3, -0.25) is 29.6 Å². The minimum atomic E-state index is -1.51. The summed E-state index contributed by atoms with van der Waals surface area (Å²) in [4.78, 5) is 67.1. The summed E-state index contributed by atoms with van der Waals surface area (Å²) in [6.45, 7) is 1.41. The number of nitrogens with one attached hydrogen (secondary N) is 3. The minimum Gasteiger partial charge on any atom is -0.497 e. The molecule has 5 amide bonds. The van der Waals surface area contributed by atoms with E-state index in [0.29, 0.717) is 16.3 Å². The summed E-state index contributed by atoms with van der Waals surface area (Å²) in [6, 6.07) is 0.978. The van der Waals surface area contributed by atoms with Crippen molar-refractivity contribution in [3.63, 3.8) is 0 Å². The molecule has 5 atom stereocenters. The van der Waals surface area contributed by atoms with Crippen molar-refractivity contribution in [2.45, 2.75) is 56.9 Å². The Kier molecular flexibility index (Phi) is 6.99. The van der Waals surface area contributed by atoms with Gasteiger partial charge in [-0.05, 0) is 19.4 Å². The lowest BCUT2D eigenvalue weighted by atomic mass is 10.0. The van der Waals surface area contributed by atoms with Gasteiger partial charge in [0, 0.05) is 24.6 Å². The molecular formula is C24H25FN6O9. The second-order valence-corrected chi connectivity index (χ2v) is 9.52. The third-order valence-corrected chi connectivity index (χ3v) is 7.00. The molecule has 15 nitrogen and oxygen atoms in total. The van der Waals surface area contributed by atoms with Crippen LogP contribution in [0.5, 0.6) is 5.75 Å². The van der Waals surface area contributed by atoms with Gasteiger partial charge in [0.05, 0.1) is 30.7 Å². The van der Waals surface area contributed by atoms with E-state index in [0.717, 1.165) is 0 Å². The zero-order valence-electron chi connectivity index (χ0n) is 21.2. The maximum absolute atomic E-state index is 14.8. The van der Waals surface area contributed by atoms with Crippen LogP contribution in [0.1, 0.15) is 41.9 Å². The van der Waals surface area contributed by atoms with E-state index in [1.165, 1.54) is 31.1 Å². The predicted molar refractivity (Wildman–Crippen MR) is 132 cm³/mol. The van der Waals surface area contributed by atoms with E-state index in [9.17, 15) is 38.6 Å². The number of aromatic nitrogens is 2. The minimum absolute atomic E-state index is 0.0588. The van der Waals surface area contributed by atoms with Crippen LogP contribution in [0.25, 0.3) is 0 Å². The highest BCUT2D eigenvalue weighted by Crippen LogP contribution is 2.36. The Hall–Kier alpha value is -4.41. The number of imide groups is 1. The Labute approximate surface area is 224 Å². The average molecular weight is 560 g/mol. The molecule has 3 aliphatic rings. The molecule has 212 valence electrons. The fourth-order valence-electron chi connectivity index (χ4n) is 4.90. The maximum Gasteiger partial charge on any atom is 0.351 e. The number of hydrogen-bond donors (Lipinski definition) is 5. The highest BCUT2D eigenvalue weighted by Gasteiger charge is 2.42. The molecule has 0 aliphatic carbocycles. The normalized spacial score (nSPS) is 26.0. The standard InChI is InChI=1S/C24H25FN6O9/c1-9-17(33)18(34)22(40-9)31-8-13(25)19(29-24(31)38)28-23(37)26-14-6-10(39-2)5-11-12(14)7-30(21(11)36)15-3-4-16(32)27-20(15)35/h5-6,8-9,15,17-18,22,33-34H,3-4,7H2,1-2H3,(H,27,32,35)(H2,26,28,29,37,38). The molecule has 1 aromatic heterocycles. The number of urea groups is 1. The molecule has 0 bridgehead atoms. The molecule has 5 N–H and O–H groups in total. The number of amides is 5. The van der Waals surface area contributed by atoms with Gasteiger partial charge in [0.25, 0.3) is 5.91 Å². The number of fused-ring (bicyclic) bond motifs is 1. The monoisotopic (exact) mass is 560 g/mol. The van der Waals surface area contributed by atoms with Crippen molar-refractivity contribution in [2.24, 2.45) is 0 Å². The summed E-state index contributed by atoms with van der Waals surface area (Å²) in [6.07, 6.45) is -4.12. The fourth-order valence-corrected chi connectivity index (χ4v) is 4.90. The third-order valence-electron chi connectivity index (χ3n) is 7.00. The van der Waals surface area contributed by atoms with Crippen molar-refractivity contribution in [1.82, 2.24) is 19.8 Å².